The van der Waals surface area contributed by atoms with Gasteiger partial charge < -0.3 is 5.32 Å². The van der Waals surface area contributed by atoms with Gasteiger partial charge in [0, 0.05) is 29.6 Å². The van der Waals surface area contributed by atoms with E-state index in [2.05, 4.69) is 15.1 Å². The molecule has 4 rings (SSSR count). The van der Waals surface area contributed by atoms with Crippen molar-refractivity contribution in [3.63, 3.8) is 0 Å². The van der Waals surface area contributed by atoms with Crippen LogP contribution in [-0.2, 0) is 23.5 Å². The number of anilines is 1. The minimum absolute atomic E-state index is 0.0929. The summed E-state index contributed by atoms with van der Waals surface area (Å²) >= 11 is 0. The van der Waals surface area contributed by atoms with Crippen LogP contribution in [0, 0.1) is 0 Å². The Labute approximate surface area is 169 Å². The molecule has 0 saturated heterocycles. The number of sulfonamides is 1. The summed E-state index contributed by atoms with van der Waals surface area (Å²) in [7, 11) is -1.80. The molecule has 0 bridgehead atoms. The van der Waals surface area contributed by atoms with Crippen LogP contribution in [-0.4, -0.2) is 24.1 Å². The minimum atomic E-state index is -3.71. The fourth-order valence-corrected chi connectivity index (χ4v) is 4.71. The molecule has 0 radical (unpaired) electrons. The van der Waals surface area contributed by atoms with Crippen LogP contribution in [0.4, 0.5) is 5.69 Å². The Morgan fingerprint density at radius 1 is 1.14 bits per heavy atom. The van der Waals surface area contributed by atoms with Crippen LogP contribution < -0.4 is 10.0 Å². The number of fused-ring (bicyclic) bond motifs is 1. The maximum absolute atomic E-state index is 12.8. The predicted molar refractivity (Wildman–Crippen MR) is 110 cm³/mol. The standard InChI is InChI=1S/C21H22N4O3S/c1-25-20-12-6-11-19(18(20)14-22-25)23-21(26)15-7-5-8-16(13-15)24-29(27,28)17-9-3-2-4-10-17/h2-5,7-10,13-14,19,24H,6,11-12H2,1H3,(H,23,26). The van der Waals surface area contributed by atoms with E-state index in [0.29, 0.717) is 11.3 Å². The van der Waals surface area contributed by atoms with E-state index in [-0.39, 0.29) is 16.8 Å². The van der Waals surface area contributed by atoms with Gasteiger partial charge in [0.05, 0.1) is 17.1 Å². The molecule has 2 aromatic carbocycles. The fourth-order valence-electron chi connectivity index (χ4n) is 3.64. The van der Waals surface area contributed by atoms with Gasteiger partial charge in [0.25, 0.3) is 15.9 Å². The average Bonchev–Trinajstić information content (AvgIpc) is 3.10. The highest BCUT2D eigenvalue weighted by atomic mass is 32.2. The Hall–Kier alpha value is -3.13. The van der Waals surface area contributed by atoms with Gasteiger partial charge in [-0.15, -0.1) is 0 Å². The normalized spacial score (nSPS) is 16.1. The van der Waals surface area contributed by atoms with Crippen LogP contribution in [0.2, 0.25) is 0 Å². The number of nitrogens with zero attached hydrogens (tertiary/aromatic N) is 2. The number of aromatic nitrogens is 2. The Kier molecular flexibility index (Phi) is 5.10. The Balaban J connectivity index is 1.51. The van der Waals surface area contributed by atoms with Gasteiger partial charge >= 0.3 is 0 Å². The molecule has 150 valence electrons. The highest BCUT2D eigenvalue weighted by molar-refractivity contribution is 7.92. The molecule has 29 heavy (non-hydrogen) atoms. The van der Waals surface area contributed by atoms with Gasteiger partial charge in [0.2, 0.25) is 0 Å². The predicted octanol–water partition coefficient (Wildman–Crippen LogP) is 3.03. The maximum atomic E-state index is 12.8. The average molecular weight is 410 g/mol. The molecule has 1 unspecified atom stereocenters. The molecule has 0 saturated carbocycles. The number of carbonyl (C=O) groups is 1. The zero-order chi connectivity index (χ0) is 20.4. The number of amides is 1. The zero-order valence-corrected chi connectivity index (χ0v) is 16.8. The van der Waals surface area contributed by atoms with Gasteiger partial charge in [0.1, 0.15) is 0 Å². The van der Waals surface area contributed by atoms with E-state index < -0.39 is 10.0 Å². The summed E-state index contributed by atoms with van der Waals surface area (Å²) in [4.78, 5) is 13.0. The molecule has 1 aliphatic carbocycles. The van der Waals surface area contributed by atoms with E-state index >= 15 is 0 Å². The summed E-state index contributed by atoms with van der Waals surface area (Å²) in [6.45, 7) is 0. The van der Waals surface area contributed by atoms with Crippen LogP contribution in [0.15, 0.2) is 65.7 Å². The van der Waals surface area contributed by atoms with Gasteiger partial charge in [-0.25, -0.2) is 8.42 Å². The van der Waals surface area contributed by atoms with Crippen molar-refractivity contribution in [1.82, 2.24) is 15.1 Å². The minimum Gasteiger partial charge on any atom is -0.345 e. The van der Waals surface area contributed by atoms with E-state index in [1.807, 2.05) is 17.9 Å². The first kappa shape index (κ1) is 19.2. The number of rotatable bonds is 5. The molecule has 1 amide bonds. The summed E-state index contributed by atoms with van der Waals surface area (Å²) in [6.07, 6.45) is 4.60. The van der Waals surface area contributed by atoms with Crippen molar-refractivity contribution in [3.05, 3.63) is 77.6 Å². The van der Waals surface area contributed by atoms with E-state index in [0.717, 1.165) is 30.5 Å². The third-order valence-electron chi connectivity index (χ3n) is 5.11. The molecule has 8 heteroatoms. The zero-order valence-electron chi connectivity index (χ0n) is 16.0. The van der Waals surface area contributed by atoms with Gasteiger partial charge in [0.15, 0.2) is 0 Å². The highest BCUT2D eigenvalue weighted by Gasteiger charge is 2.25. The van der Waals surface area contributed by atoms with E-state index in [1.165, 1.54) is 12.1 Å². The monoisotopic (exact) mass is 410 g/mol. The molecule has 7 nitrogen and oxygen atoms in total. The molecule has 0 fully saturated rings. The van der Waals surface area contributed by atoms with Crippen molar-refractivity contribution >= 4 is 21.6 Å². The van der Waals surface area contributed by atoms with E-state index in [4.69, 9.17) is 0 Å². The SMILES string of the molecule is Cn1ncc2c1CCCC2NC(=O)c1cccc(NS(=O)(=O)c2ccccc2)c1. The molecule has 1 aromatic heterocycles. The van der Waals surface area contributed by atoms with Crippen molar-refractivity contribution in [3.8, 4) is 0 Å². The first-order valence-electron chi connectivity index (χ1n) is 9.43. The Bertz CT molecular complexity index is 1140. The maximum Gasteiger partial charge on any atom is 0.261 e. The molecule has 1 atom stereocenters. The molecule has 2 N–H and O–H groups in total. The van der Waals surface area contributed by atoms with Crippen LogP contribution in [0.5, 0.6) is 0 Å². The first-order chi connectivity index (χ1) is 13.9. The summed E-state index contributed by atoms with van der Waals surface area (Å²) in [5.41, 5.74) is 2.93. The molecule has 0 aliphatic heterocycles. The van der Waals surface area contributed by atoms with Crippen molar-refractivity contribution < 1.29 is 13.2 Å². The molecule has 0 spiro atoms. The van der Waals surface area contributed by atoms with E-state index in [1.54, 1.807) is 42.5 Å². The lowest BCUT2D eigenvalue weighted by atomic mass is 9.93. The van der Waals surface area contributed by atoms with Gasteiger partial charge in [-0.3, -0.25) is 14.2 Å². The Morgan fingerprint density at radius 3 is 2.72 bits per heavy atom. The number of carbonyl (C=O) groups excluding carboxylic acids is 1. The molecular formula is C21H22N4O3S. The summed E-state index contributed by atoms with van der Waals surface area (Å²) in [6, 6.07) is 14.5. The number of benzene rings is 2. The number of aryl methyl sites for hydroxylation is 1. The fraction of sp³-hybridized carbons (Fsp3) is 0.238. The van der Waals surface area contributed by atoms with Crippen molar-refractivity contribution in [1.29, 1.82) is 0 Å². The van der Waals surface area contributed by atoms with Crippen LogP contribution in [0.25, 0.3) is 0 Å². The molecular weight excluding hydrogens is 388 g/mol. The molecule has 3 aromatic rings. The highest BCUT2D eigenvalue weighted by Crippen LogP contribution is 2.29. The van der Waals surface area contributed by atoms with Crippen molar-refractivity contribution in [2.45, 2.75) is 30.2 Å². The quantitative estimate of drug-likeness (QED) is 0.676. The van der Waals surface area contributed by atoms with E-state index in [9.17, 15) is 13.2 Å². The second-order valence-corrected chi connectivity index (χ2v) is 8.77. The summed E-state index contributed by atoms with van der Waals surface area (Å²) in [5, 5.41) is 7.36. The number of nitrogens with one attached hydrogen (secondary N) is 2. The topological polar surface area (TPSA) is 93.1 Å². The third kappa shape index (κ3) is 4.02. The lowest BCUT2D eigenvalue weighted by Gasteiger charge is -2.24. The number of hydrogen-bond acceptors (Lipinski definition) is 4. The van der Waals surface area contributed by atoms with Crippen LogP contribution in [0.3, 0.4) is 0 Å². The van der Waals surface area contributed by atoms with Crippen LogP contribution >= 0.6 is 0 Å². The van der Waals surface area contributed by atoms with Gasteiger partial charge in [-0.2, -0.15) is 5.10 Å². The second kappa shape index (κ2) is 7.71. The molecule has 1 aliphatic rings. The first-order valence-corrected chi connectivity index (χ1v) is 10.9. The smallest absolute Gasteiger partial charge is 0.261 e. The second-order valence-electron chi connectivity index (χ2n) is 7.09. The molecule has 1 heterocycles. The van der Waals surface area contributed by atoms with Gasteiger partial charge in [-0.05, 0) is 49.6 Å². The van der Waals surface area contributed by atoms with Crippen LogP contribution in [0.1, 0.15) is 40.5 Å². The van der Waals surface area contributed by atoms with Crippen molar-refractivity contribution in [2.24, 2.45) is 7.05 Å². The summed E-state index contributed by atoms with van der Waals surface area (Å²) < 4.78 is 29.4. The van der Waals surface area contributed by atoms with Crippen molar-refractivity contribution in [2.75, 3.05) is 4.72 Å². The lowest BCUT2D eigenvalue weighted by Crippen LogP contribution is -2.31. The summed E-state index contributed by atoms with van der Waals surface area (Å²) in [5.74, 6) is -0.243. The number of hydrogen-bond donors (Lipinski definition) is 2. The largest absolute Gasteiger partial charge is 0.345 e. The Morgan fingerprint density at radius 2 is 1.93 bits per heavy atom. The third-order valence-corrected chi connectivity index (χ3v) is 6.51. The lowest BCUT2D eigenvalue weighted by molar-refractivity contribution is 0.0932. The van der Waals surface area contributed by atoms with Gasteiger partial charge in [-0.1, -0.05) is 24.3 Å².